The number of rotatable bonds is 4. The van der Waals surface area contributed by atoms with Gasteiger partial charge in [-0.15, -0.1) is 0 Å². The first kappa shape index (κ1) is 12.8. The molecule has 2 rings (SSSR count). The number of nitrogens with one attached hydrogen (secondary N) is 2. The van der Waals surface area contributed by atoms with E-state index in [0.29, 0.717) is 12.6 Å². The Morgan fingerprint density at radius 2 is 2.39 bits per heavy atom. The number of carbonyl (C=O) groups excluding carboxylic acids is 1. The van der Waals surface area contributed by atoms with Gasteiger partial charge in [-0.3, -0.25) is 4.79 Å². The first-order chi connectivity index (χ1) is 8.66. The van der Waals surface area contributed by atoms with E-state index in [0.717, 1.165) is 31.5 Å². The van der Waals surface area contributed by atoms with Crippen LogP contribution in [0.3, 0.4) is 0 Å². The Balaban J connectivity index is 1.85. The van der Waals surface area contributed by atoms with Crippen molar-refractivity contribution in [3.63, 3.8) is 0 Å². The van der Waals surface area contributed by atoms with Gasteiger partial charge in [0.2, 0.25) is 0 Å². The monoisotopic (exact) mass is 252 g/mol. The number of phenols is 1. The summed E-state index contributed by atoms with van der Waals surface area (Å²) in [7, 11) is 0. The normalized spacial score (nSPS) is 18.8. The smallest absolute Gasteiger partial charge is 0.255 e. The number of benzene rings is 1. The third-order valence-electron chi connectivity index (χ3n) is 3.14. The van der Waals surface area contributed by atoms with E-state index in [2.05, 4.69) is 10.6 Å². The Morgan fingerprint density at radius 1 is 1.56 bits per heavy atom. The predicted molar refractivity (Wildman–Crippen MR) is 66.0 cm³/mol. The Morgan fingerprint density at radius 3 is 3.11 bits per heavy atom. The highest BCUT2D eigenvalue weighted by Crippen LogP contribution is 2.17. The van der Waals surface area contributed by atoms with Crippen molar-refractivity contribution >= 4 is 5.91 Å². The summed E-state index contributed by atoms with van der Waals surface area (Å²) in [5.74, 6) is -1.17. The number of aromatic hydroxyl groups is 1. The molecule has 0 unspecified atom stereocenters. The molecule has 1 aromatic carbocycles. The molecular formula is C13H17FN2O2. The first-order valence-electron chi connectivity index (χ1n) is 6.17. The van der Waals surface area contributed by atoms with Gasteiger partial charge in [0.25, 0.3) is 5.91 Å². The van der Waals surface area contributed by atoms with Crippen LogP contribution < -0.4 is 10.6 Å². The molecule has 1 atom stereocenters. The number of phenolic OH excluding ortho intramolecular Hbond substituents is 1. The molecule has 4 nitrogen and oxygen atoms in total. The molecule has 0 aliphatic carbocycles. The van der Waals surface area contributed by atoms with Gasteiger partial charge in [0.15, 0.2) is 0 Å². The van der Waals surface area contributed by atoms with Gasteiger partial charge in [-0.05, 0) is 44.0 Å². The molecule has 0 radical (unpaired) electrons. The van der Waals surface area contributed by atoms with Crippen LogP contribution in [0, 0.1) is 5.82 Å². The minimum atomic E-state index is -0.532. The summed E-state index contributed by atoms with van der Waals surface area (Å²) in [5, 5.41) is 15.5. The highest BCUT2D eigenvalue weighted by Gasteiger charge is 2.15. The fourth-order valence-corrected chi connectivity index (χ4v) is 2.15. The van der Waals surface area contributed by atoms with E-state index in [4.69, 9.17) is 0 Å². The van der Waals surface area contributed by atoms with Crippen molar-refractivity contribution in [2.45, 2.75) is 25.3 Å². The molecule has 1 aromatic rings. The maximum atomic E-state index is 13.0. The van der Waals surface area contributed by atoms with E-state index in [1.807, 2.05) is 0 Å². The van der Waals surface area contributed by atoms with Crippen molar-refractivity contribution in [1.82, 2.24) is 10.6 Å². The average molecular weight is 252 g/mol. The second-order valence-corrected chi connectivity index (χ2v) is 4.50. The lowest BCUT2D eigenvalue weighted by Gasteiger charge is -2.11. The topological polar surface area (TPSA) is 61.4 Å². The van der Waals surface area contributed by atoms with Crippen LogP contribution in [0.2, 0.25) is 0 Å². The van der Waals surface area contributed by atoms with Gasteiger partial charge in [-0.1, -0.05) is 0 Å². The molecule has 1 saturated heterocycles. The van der Waals surface area contributed by atoms with Crippen LogP contribution in [0.5, 0.6) is 5.75 Å². The lowest BCUT2D eigenvalue weighted by molar-refractivity contribution is 0.0949. The molecule has 1 amide bonds. The van der Waals surface area contributed by atoms with Crippen molar-refractivity contribution < 1.29 is 14.3 Å². The molecule has 18 heavy (non-hydrogen) atoms. The Kier molecular flexibility index (Phi) is 4.15. The Hall–Kier alpha value is -1.62. The van der Waals surface area contributed by atoms with Crippen LogP contribution in [0.15, 0.2) is 18.2 Å². The molecule has 0 saturated carbocycles. The SMILES string of the molecule is O=C(NCC[C@@H]1CCCN1)c1cc(F)ccc1O. The van der Waals surface area contributed by atoms with E-state index in [1.165, 1.54) is 12.5 Å². The third kappa shape index (κ3) is 3.20. The number of amides is 1. The van der Waals surface area contributed by atoms with Crippen molar-refractivity contribution in [3.05, 3.63) is 29.6 Å². The molecule has 0 spiro atoms. The van der Waals surface area contributed by atoms with Crippen molar-refractivity contribution in [2.24, 2.45) is 0 Å². The van der Waals surface area contributed by atoms with E-state index in [-0.39, 0.29) is 11.3 Å². The molecule has 1 heterocycles. The average Bonchev–Trinajstić information content (AvgIpc) is 2.85. The lowest BCUT2D eigenvalue weighted by atomic mass is 10.1. The molecule has 0 aromatic heterocycles. The van der Waals surface area contributed by atoms with Crippen LogP contribution in [0.25, 0.3) is 0 Å². The molecule has 1 fully saturated rings. The van der Waals surface area contributed by atoms with Crippen LogP contribution in [-0.4, -0.2) is 30.1 Å². The molecule has 1 aliphatic heterocycles. The fourth-order valence-electron chi connectivity index (χ4n) is 2.15. The number of halogens is 1. The highest BCUT2D eigenvalue weighted by atomic mass is 19.1. The third-order valence-corrected chi connectivity index (χ3v) is 3.14. The van der Waals surface area contributed by atoms with Crippen molar-refractivity contribution in [3.8, 4) is 5.75 Å². The molecular weight excluding hydrogens is 235 g/mol. The van der Waals surface area contributed by atoms with E-state index in [9.17, 15) is 14.3 Å². The Bertz CT molecular complexity index is 431. The highest BCUT2D eigenvalue weighted by molar-refractivity contribution is 5.96. The van der Waals surface area contributed by atoms with Gasteiger partial charge in [0, 0.05) is 12.6 Å². The summed E-state index contributed by atoms with van der Waals surface area (Å²) in [6.45, 7) is 1.55. The summed E-state index contributed by atoms with van der Waals surface area (Å²) in [6, 6.07) is 3.79. The summed E-state index contributed by atoms with van der Waals surface area (Å²) < 4.78 is 13.0. The zero-order valence-corrected chi connectivity index (χ0v) is 10.1. The van der Waals surface area contributed by atoms with Crippen LogP contribution in [-0.2, 0) is 0 Å². The molecule has 1 aliphatic rings. The van der Waals surface area contributed by atoms with Crippen molar-refractivity contribution in [1.29, 1.82) is 0 Å². The molecule has 3 N–H and O–H groups in total. The maximum Gasteiger partial charge on any atom is 0.255 e. The first-order valence-corrected chi connectivity index (χ1v) is 6.17. The van der Waals surface area contributed by atoms with Crippen molar-refractivity contribution in [2.75, 3.05) is 13.1 Å². The summed E-state index contributed by atoms with van der Waals surface area (Å²) >= 11 is 0. The van der Waals surface area contributed by atoms with Gasteiger partial charge in [-0.2, -0.15) is 0 Å². The van der Waals surface area contributed by atoms with Gasteiger partial charge in [0.1, 0.15) is 11.6 Å². The fraction of sp³-hybridized carbons (Fsp3) is 0.462. The number of carbonyl (C=O) groups is 1. The minimum Gasteiger partial charge on any atom is -0.507 e. The second kappa shape index (κ2) is 5.82. The zero-order valence-electron chi connectivity index (χ0n) is 10.1. The molecule has 5 heteroatoms. The summed E-state index contributed by atoms with van der Waals surface area (Å²) in [6.07, 6.45) is 3.15. The predicted octanol–water partition coefficient (Wildman–Crippen LogP) is 1.40. The quantitative estimate of drug-likeness (QED) is 0.759. The molecule has 98 valence electrons. The van der Waals surface area contributed by atoms with Gasteiger partial charge < -0.3 is 15.7 Å². The van der Waals surface area contributed by atoms with E-state index >= 15 is 0 Å². The summed E-state index contributed by atoms with van der Waals surface area (Å²) in [5.41, 5.74) is -0.0191. The minimum absolute atomic E-state index is 0.0191. The van der Waals surface area contributed by atoms with Gasteiger partial charge >= 0.3 is 0 Å². The summed E-state index contributed by atoms with van der Waals surface area (Å²) in [4.78, 5) is 11.7. The van der Waals surface area contributed by atoms with E-state index < -0.39 is 11.7 Å². The zero-order chi connectivity index (χ0) is 13.0. The van der Waals surface area contributed by atoms with Crippen LogP contribution in [0.4, 0.5) is 4.39 Å². The Labute approximate surface area is 105 Å². The molecule has 0 bridgehead atoms. The number of hydrogen-bond donors (Lipinski definition) is 3. The van der Waals surface area contributed by atoms with Gasteiger partial charge in [-0.25, -0.2) is 4.39 Å². The van der Waals surface area contributed by atoms with E-state index in [1.54, 1.807) is 0 Å². The van der Waals surface area contributed by atoms with Gasteiger partial charge in [0.05, 0.1) is 5.56 Å². The largest absolute Gasteiger partial charge is 0.507 e. The second-order valence-electron chi connectivity index (χ2n) is 4.50. The number of hydrogen-bond acceptors (Lipinski definition) is 3. The maximum absolute atomic E-state index is 13.0. The van der Waals surface area contributed by atoms with Crippen LogP contribution >= 0.6 is 0 Å². The standard InChI is InChI=1S/C13H17FN2O2/c14-9-3-4-12(17)11(8-9)13(18)16-7-5-10-2-1-6-15-10/h3-4,8,10,15,17H,1-2,5-7H2,(H,16,18)/t10-/m0/s1. The lowest BCUT2D eigenvalue weighted by Crippen LogP contribution is -2.30. The van der Waals surface area contributed by atoms with Crippen LogP contribution in [0.1, 0.15) is 29.6 Å².